The first-order chi connectivity index (χ1) is 11.9. The smallest absolute Gasteiger partial charge is 0.315 e. The third-order valence-electron chi connectivity index (χ3n) is 3.36. The van der Waals surface area contributed by atoms with Gasteiger partial charge in [-0.25, -0.2) is 0 Å². The molecule has 2 rings (SSSR count). The maximum Gasteiger partial charge on any atom is 0.315 e. The molecule has 25 heavy (non-hydrogen) atoms. The molecular formula is C18H19NO6. The molecule has 0 aliphatic carbocycles. The number of ether oxygens (including phenoxy) is 3. The second kappa shape index (κ2) is 8.14. The molecule has 0 aromatic heterocycles. The lowest BCUT2D eigenvalue weighted by Gasteiger charge is -2.09. The number of rotatable bonds is 7. The number of benzene rings is 2. The molecule has 0 amide bonds. The normalized spacial score (nSPS) is 10.2. The van der Waals surface area contributed by atoms with Crippen LogP contribution in [0.1, 0.15) is 17.5 Å². The largest absolute Gasteiger partial charge is 0.496 e. The summed E-state index contributed by atoms with van der Waals surface area (Å²) in [5.41, 5.74) is 1.79. The van der Waals surface area contributed by atoms with Crippen LogP contribution >= 0.6 is 0 Å². The van der Waals surface area contributed by atoms with E-state index in [1.165, 1.54) is 25.3 Å². The minimum Gasteiger partial charge on any atom is -0.496 e. The molecule has 7 heteroatoms. The molecule has 0 radical (unpaired) electrons. The molecule has 132 valence electrons. The first-order valence-electron chi connectivity index (χ1n) is 7.63. The maximum absolute atomic E-state index is 11.9. The van der Waals surface area contributed by atoms with Crippen molar-refractivity contribution in [2.75, 3.05) is 13.7 Å². The van der Waals surface area contributed by atoms with Gasteiger partial charge in [-0.3, -0.25) is 14.9 Å². The van der Waals surface area contributed by atoms with Crippen molar-refractivity contribution in [1.29, 1.82) is 0 Å². The minimum atomic E-state index is -0.628. The van der Waals surface area contributed by atoms with Crippen molar-refractivity contribution in [3.05, 3.63) is 57.6 Å². The summed E-state index contributed by atoms with van der Waals surface area (Å²) in [6.07, 6.45) is -0.0316. The van der Waals surface area contributed by atoms with E-state index in [1.54, 1.807) is 0 Å². The van der Waals surface area contributed by atoms with Gasteiger partial charge in [0.2, 0.25) is 5.75 Å². The van der Waals surface area contributed by atoms with Crippen LogP contribution < -0.4 is 14.2 Å². The van der Waals surface area contributed by atoms with Gasteiger partial charge in [-0.15, -0.1) is 0 Å². The number of hydrogen-bond donors (Lipinski definition) is 0. The molecule has 0 bridgehead atoms. The Balaban J connectivity index is 1.95. The molecule has 0 spiro atoms. The first-order valence-corrected chi connectivity index (χ1v) is 7.63. The van der Waals surface area contributed by atoms with Crippen LogP contribution in [0.25, 0.3) is 0 Å². The molecule has 0 aliphatic heterocycles. The highest BCUT2D eigenvalue weighted by Crippen LogP contribution is 2.31. The fourth-order valence-electron chi connectivity index (χ4n) is 2.30. The van der Waals surface area contributed by atoms with Gasteiger partial charge in [0.1, 0.15) is 11.5 Å². The van der Waals surface area contributed by atoms with E-state index in [9.17, 15) is 14.9 Å². The van der Waals surface area contributed by atoms with Crippen LogP contribution in [0.3, 0.4) is 0 Å². The quantitative estimate of drug-likeness (QED) is 0.330. The second-order valence-electron chi connectivity index (χ2n) is 5.49. The predicted molar refractivity (Wildman–Crippen MR) is 91.3 cm³/mol. The van der Waals surface area contributed by atoms with Gasteiger partial charge in [-0.05, 0) is 49.2 Å². The van der Waals surface area contributed by atoms with E-state index in [0.717, 1.165) is 11.1 Å². The zero-order chi connectivity index (χ0) is 18.4. The highest BCUT2D eigenvalue weighted by Gasteiger charge is 2.19. The van der Waals surface area contributed by atoms with Gasteiger partial charge in [-0.2, -0.15) is 0 Å². The minimum absolute atomic E-state index is 0.0316. The molecule has 7 nitrogen and oxygen atoms in total. The third-order valence-corrected chi connectivity index (χ3v) is 3.36. The number of aryl methyl sites for hydroxylation is 2. The molecule has 0 unspecified atom stereocenters. The average Bonchev–Trinajstić information content (AvgIpc) is 2.54. The summed E-state index contributed by atoms with van der Waals surface area (Å²) in [5.74, 6) is 0.241. The first kappa shape index (κ1) is 18.3. The van der Waals surface area contributed by atoms with E-state index in [2.05, 4.69) is 0 Å². The molecule has 0 saturated carbocycles. The predicted octanol–water partition coefficient (Wildman–Crippen LogP) is 3.59. The van der Waals surface area contributed by atoms with E-state index in [0.29, 0.717) is 11.5 Å². The maximum atomic E-state index is 11.9. The SMILES string of the molecule is COc1ccc(OC(=O)CCOc2cc(C)cc(C)c2)c([N+](=O)[O-])c1. The van der Waals surface area contributed by atoms with Crippen LogP contribution in [-0.4, -0.2) is 24.6 Å². The number of hydrogen-bond acceptors (Lipinski definition) is 6. The lowest BCUT2D eigenvalue weighted by atomic mass is 10.1. The molecule has 0 heterocycles. The average molecular weight is 345 g/mol. The van der Waals surface area contributed by atoms with E-state index in [4.69, 9.17) is 14.2 Å². The molecule has 0 atom stereocenters. The van der Waals surface area contributed by atoms with Crippen LogP contribution in [0.15, 0.2) is 36.4 Å². The van der Waals surface area contributed by atoms with Crippen molar-refractivity contribution in [1.82, 2.24) is 0 Å². The Labute approximate surface area is 145 Å². The highest BCUT2D eigenvalue weighted by atomic mass is 16.6. The highest BCUT2D eigenvalue weighted by molar-refractivity contribution is 5.74. The Morgan fingerprint density at radius 3 is 2.36 bits per heavy atom. The topological polar surface area (TPSA) is 87.9 Å². The fraction of sp³-hybridized carbons (Fsp3) is 0.278. The summed E-state index contributed by atoms with van der Waals surface area (Å²) >= 11 is 0. The number of carbonyl (C=O) groups is 1. The van der Waals surface area contributed by atoms with Crippen LogP contribution in [0.2, 0.25) is 0 Å². The van der Waals surface area contributed by atoms with Gasteiger partial charge in [0, 0.05) is 0 Å². The number of methoxy groups -OCH3 is 1. The summed E-state index contributed by atoms with van der Waals surface area (Å²) in [5, 5.41) is 11.1. The number of carbonyl (C=O) groups excluding carboxylic acids is 1. The van der Waals surface area contributed by atoms with Crippen molar-refractivity contribution in [3.8, 4) is 17.2 Å². The molecule has 2 aromatic carbocycles. The zero-order valence-corrected chi connectivity index (χ0v) is 14.3. The van der Waals surface area contributed by atoms with Gasteiger partial charge in [-0.1, -0.05) is 6.07 Å². The van der Waals surface area contributed by atoms with Crippen LogP contribution in [0.5, 0.6) is 17.2 Å². The standard InChI is InChI=1S/C18H19NO6/c1-12-8-13(2)10-15(9-12)24-7-6-18(20)25-17-5-4-14(23-3)11-16(17)19(21)22/h4-5,8-11H,6-7H2,1-3H3. The Kier molecular flexibility index (Phi) is 5.94. The van der Waals surface area contributed by atoms with E-state index in [-0.39, 0.29) is 24.5 Å². The Morgan fingerprint density at radius 1 is 1.08 bits per heavy atom. The Hall–Kier alpha value is -3.09. The van der Waals surface area contributed by atoms with Gasteiger partial charge in [0.15, 0.2) is 0 Å². The van der Waals surface area contributed by atoms with E-state index < -0.39 is 10.9 Å². The molecule has 0 saturated heterocycles. The van der Waals surface area contributed by atoms with Crippen LogP contribution in [-0.2, 0) is 4.79 Å². The molecule has 0 N–H and O–H groups in total. The zero-order valence-electron chi connectivity index (χ0n) is 14.3. The number of nitrogens with zero attached hydrogens (tertiary/aromatic N) is 1. The lowest BCUT2D eigenvalue weighted by Crippen LogP contribution is -2.13. The summed E-state index contributed by atoms with van der Waals surface area (Å²) in [4.78, 5) is 22.4. The van der Waals surface area contributed by atoms with E-state index in [1.807, 2.05) is 32.0 Å². The van der Waals surface area contributed by atoms with Crippen molar-refractivity contribution in [2.45, 2.75) is 20.3 Å². The monoisotopic (exact) mass is 345 g/mol. The second-order valence-corrected chi connectivity index (χ2v) is 5.49. The van der Waals surface area contributed by atoms with Crippen molar-refractivity contribution >= 4 is 11.7 Å². The number of esters is 1. The van der Waals surface area contributed by atoms with Gasteiger partial charge in [0.25, 0.3) is 0 Å². The van der Waals surface area contributed by atoms with E-state index >= 15 is 0 Å². The molecular weight excluding hydrogens is 326 g/mol. The molecule has 2 aromatic rings. The van der Waals surface area contributed by atoms with Crippen molar-refractivity contribution in [2.24, 2.45) is 0 Å². The summed E-state index contributed by atoms with van der Waals surface area (Å²) < 4.78 is 15.5. The van der Waals surface area contributed by atoms with Gasteiger partial charge in [0.05, 0.1) is 31.1 Å². The third kappa shape index (κ3) is 5.20. The van der Waals surface area contributed by atoms with Gasteiger partial charge < -0.3 is 14.2 Å². The lowest BCUT2D eigenvalue weighted by molar-refractivity contribution is -0.385. The number of nitro benzene ring substituents is 1. The van der Waals surface area contributed by atoms with Crippen molar-refractivity contribution < 1.29 is 23.9 Å². The van der Waals surface area contributed by atoms with Crippen LogP contribution in [0, 0.1) is 24.0 Å². The summed E-state index contributed by atoms with van der Waals surface area (Å²) in [7, 11) is 1.40. The van der Waals surface area contributed by atoms with Crippen LogP contribution in [0.4, 0.5) is 5.69 Å². The Bertz CT molecular complexity index is 767. The summed E-state index contributed by atoms with van der Waals surface area (Å²) in [6, 6.07) is 9.78. The van der Waals surface area contributed by atoms with Gasteiger partial charge >= 0.3 is 11.7 Å². The number of nitro groups is 1. The van der Waals surface area contributed by atoms with Crippen molar-refractivity contribution in [3.63, 3.8) is 0 Å². The summed E-state index contributed by atoms with van der Waals surface area (Å²) in [6.45, 7) is 4.03. The fourth-order valence-corrected chi connectivity index (χ4v) is 2.30. The Morgan fingerprint density at radius 2 is 1.76 bits per heavy atom. The molecule has 0 fully saturated rings. The molecule has 0 aliphatic rings.